The number of aliphatic hydroxyl groups excluding tert-OH is 1. The molecule has 0 bridgehead atoms. The van der Waals surface area contributed by atoms with E-state index >= 15 is 0 Å². The van der Waals surface area contributed by atoms with Crippen LogP contribution < -0.4 is 0 Å². The summed E-state index contributed by atoms with van der Waals surface area (Å²) in [4.78, 5) is 3.67. The van der Waals surface area contributed by atoms with Crippen molar-refractivity contribution < 1.29 is 9.84 Å². The van der Waals surface area contributed by atoms with Gasteiger partial charge in [-0.3, -0.25) is 4.90 Å². The zero-order valence-electron chi connectivity index (χ0n) is 10.8. The monoisotopic (exact) mass is 267 g/mol. The fourth-order valence-corrected chi connectivity index (χ4v) is 2.96. The Morgan fingerprint density at radius 3 is 2.83 bits per heavy atom. The summed E-state index contributed by atoms with van der Waals surface area (Å²) in [7, 11) is 0. The highest BCUT2D eigenvalue weighted by molar-refractivity contribution is 7.99. The molecule has 3 nitrogen and oxygen atoms in total. The van der Waals surface area contributed by atoms with Gasteiger partial charge in [-0.15, -0.1) is 11.8 Å². The fraction of sp³-hybridized carbons (Fsp3) is 0.571. The number of ether oxygens (including phenoxy) is 1. The van der Waals surface area contributed by atoms with E-state index in [-0.39, 0.29) is 6.61 Å². The molecule has 1 aliphatic rings. The van der Waals surface area contributed by atoms with Crippen molar-refractivity contribution in [1.82, 2.24) is 4.90 Å². The van der Waals surface area contributed by atoms with E-state index in [4.69, 9.17) is 9.84 Å². The molecule has 0 radical (unpaired) electrons. The molecule has 0 aliphatic carbocycles. The van der Waals surface area contributed by atoms with Gasteiger partial charge in [0.1, 0.15) is 0 Å². The van der Waals surface area contributed by atoms with Gasteiger partial charge in [-0.2, -0.15) is 0 Å². The van der Waals surface area contributed by atoms with Gasteiger partial charge in [-0.25, -0.2) is 0 Å². The number of morpholine rings is 1. The molecule has 1 fully saturated rings. The summed E-state index contributed by atoms with van der Waals surface area (Å²) in [6, 6.07) is 8.08. The van der Waals surface area contributed by atoms with Gasteiger partial charge in [0.25, 0.3) is 0 Å². The van der Waals surface area contributed by atoms with Crippen molar-refractivity contribution in [1.29, 1.82) is 0 Å². The maximum atomic E-state index is 8.99. The number of thioether (sulfide) groups is 1. The Morgan fingerprint density at radius 1 is 1.39 bits per heavy atom. The van der Waals surface area contributed by atoms with Crippen LogP contribution in [0.1, 0.15) is 12.5 Å². The van der Waals surface area contributed by atoms with Crippen LogP contribution in [-0.2, 0) is 11.3 Å². The summed E-state index contributed by atoms with van der Waals surface area (Å²) in [5, 5.41) is 8.99. The zero-order valence-corrected chi connectivity index (χ0v) is 11.7. The number of benzene rings is 1. The summed E-state index contributed by atoms with van der Waals surface area (Å²) in [5.74, 6) is 0.995. The summed E-state index contributed by atoms with van der Waals surface area (Å²) < 4.78 is 5.77. The minimum Gasteiger partial charge on any atom is -0.392 e. The molecule has 1 aromatic rings. The number of hydrogen-bond donors (Lipinski definition) is 1. The number of likely N-dealkylation sites (N-methyl/N-ethyl adjacent to an activating group) is 1. The first-order chi connectivity index (χ1) is 8.81. The van der Waals surface area contributed by atoms with Crippen molar-refractivity contribution in [3.8, 4) is 0 Å². The maximum Gasteiger partial charge on any atom is 0.0796 e. The minimum atomic E-state index is 0.113. The third-order valence-electron chi connectivity index (χ3n) is 3.21. The molecule has 1 aromatic carbocycles. The van der Waals surface area contributed by atoms with Crippen LogP contribution in [0.25, 0.3) is 0 Å². The molecule has 1 N–H and O–H groups in total. The molecule has 0 saturated carbocycles. The van der Waals surface area contributed by atoms with Crippen LogP contribution in [0.3, 0.4) is 0 Å². The molecule has 100 valence electrons. The van der Waals surface area contributed by atoms with Crippen molar-refractivity contribution in [2.45, 2.75) is 24.5 Å². The second kappa shape index (κ2) is 7.14. The average molecular weight is 267 g/mol. The third kappa shape index (κ3) is 3.99. The van der Waals surface area contributed by atoms with E-state index in [1.165, 1.54) is 4.90 Å². The first-order valence-corrected chi connectivity index (χ1v) is 7.47. The van der Waals surface area contributed by atoms with E-state index in [0.29, 0.717) is 6.10 Å². The smallest absolute Gasteiger partial charge is 0.0796 e. The molecule has 1 atom stereocenters. The highest BCUT2D eigenvalue weighted by Gasteiger charge is 2.19. The number of nitrogens with zero attached hydrogens (tertiary/aromatic N) is 1. The summed E-state index contributed by atoms with van der Waals surface area (Å²) in [5.41, 5.74) is 0.963. The van der Waals surface area contributed by atoms with E-state index in [1.807, 2.05) is 23.9 Å². The van der Waals surface area contributed by atoms with E-state index in [9.17, 15) is 0 Å². The highest BCUT2D eigenvalue weighted by Crippen LogP contribution is 2.21. The van der Waals surface area contributed by atoms with Crippen LogP contribution in [0, 0.1) is 0 Å². The first kappa shape index (κ1) is 13.9. The second-order valence-electron chi connectivity index (χ2n) is 4.50. The van der Waals surface area contributed by atoms with E-state index in [0.717, 1.165) is 37.6 Å². The maximum absolute atomic E-state index is 8.99. The van der Waals surface area contributed by atoms with Gasteiger partial charge in [0, 0.05) is 23.7 Å². The predicted molar refractivity (Wildman–Crippen MR) is 74.9 cm³/mol. The van der Waals surface area contributed by atoms with Crippen molar-refractivity contribution in [2.24, 2.45) is 0 Å². The predicted octanol–water partition coefficient (Wildman–Crippen LogP) is 1.99. The lowest BCUT2D eigenvalue weighted by molar-refractivity contribution is -0.0137. The van der Waals surface area contributed by atoms with Crippen LogP contribution >= 0.6 is 11.8 Å². The lowest BCUT2D eigenvalue weighted by Crippen LogP contribution is -2.43. The van der Waals surface area contributed by atoms with Gasteiger partial charge in [0.2, 0.25) is 0 Å². The first-order valence-electron chi connectivity index (χ1n) is 6.48. The zero-order chi connectivity index (χ0) is 12.8. The largest absolute Gasteiger partial charge is 0.392 e. The molecule has 1 saturated heterocycles. The SMILES string of the molecule is CCN1CCOC(CSc2ccc(CO)cc2)C1. The molecule has 2 rings (SSSR count). The van der Waals surface area contributed by atoms with Crippen molar-refractivity contribution in [3.63, 3.8) is 0 Å². The molecular weight excluding hydrogens is 246 g/mol. The Hall–Kier alpha value is -0.550. The van der Waals surface area contributed by atoms with Gasteiger partial charge < -0.3 is 9.84 Å². The molecule has 0 aromatic heterocycles. The van der Waals surface area contributed by atoms with Gasteiger partial charge in [-0.1, -0.05) is 19.1 Å². The molecule has 1 heterocycles. The lowest BCUT2D eigenvalue weighted by atomic mass is 10.2. The summed E-state index contributed by atoms with van der Waals surface area (Å²) in [6.45, 7) is 6.37. The van der Waals surface area contributed by atoms with Gasteiger partial charge in [0.15, 0.2) is 0 Å². The van der Waals surface area contributed by atoms with Crippen molar-refractivity contribution in [3.05, 3.63) is 29.8 Å². The summed E-state index contributed by atoms with van der Waals surface area (Å²) in [6.07, 6.45) is 0.334. The van der Waals surface area contributed by atoms with Gasteiger partial charge in [0.05, 0.1) is 19.3 Å². The normalized spacial score (nSPS) is 21.1. The van der Waals surface area contributed by atoms with Crippen molar-refractivity contribution in [2.75, 3.05) is 32.0 Å². The van der Waals surface area contributed by atoms with E-state index < -0.39 is 0 Å². The topological polar surface area (TPSA) is 32.7 Å². The standard InChI is InChI=1S/C14H21NO2S/c1-2-15-7-8-17-13(9-15)11-18-14-5-3-12(10-16)4-6-14/h3-6,13,16H,2,7-11H2,1H3. The minimum absolute atomic E-state index is 0.113. The Kier molecular flexibility index (Phi) is 5.50. The molecular formula is C14H21NO2S. The van der Waals surface area contributed by atoms with Crippen molar-refractivity contribution >= 4 is 11.8 Å². The Morgan fingerprint density at radius 2 is 2.17 bits per heavy atom. The van der Waals surface area contributed by atoms with Gasteiger partial charge in [-0.05, 0) is 24.2 Å². The lowest BCUT2D eigenvalue weighted by Gasteiger charge is -2.31. The van der Waals surface area contributed by atoms with Gasteiger partial charge >= 0.3 is 0 Å². The molecule has 18 heavy (non-hydrogen) atoms. The molecule has 4 heteroatoms. The Balaban J connectivity index is 1.79. The van der Waals surface area contributed by atoms with Crippen LogP contribution in [0.4, 0.5) is 0 Å². The van der Waals surface area contributed by atoms with Crippen LogP contribution in [0.15, 0.2) is 29.2 Å². The Labute approximate surface area is 113 Å². The van der Waals surface area contributed by atoms with E-state index in [2.05, 4.69) is 24.0 Å². The molecule has 0 amide bonds. The third-order valence-corrected chi connectivity index (χ3v) is 4.36. The molecule has 1 unspecified atom stereocenters. The van der Waals surface area contributed by atoms with Crippen LogP contribution in [0.5, 0.6) is 0 Å². The van der Waals surface area contributed by atoms with Crippen LogP contribution in [0.2, 0.25) is 0 Å². The number of hydrogen-bond acceptors (Lipinski definition) is 4. The Bertz CT molecular complexity index is 355. The average Bonchev–Trinajstić information content (AvgIpc) is 2.46. The van der Waals surface area contributed by atoms with Crippen LogP contribution in [-0.4, -0.2) is 48.1 Å². The summed E-state index contributed by atoms with van der Waals surface area (Å²) >= 11 is 1.83. The second-order valence-corrected chi connectivity index (χ2v) is 5.59. The molecule has 1 aliphatic heterocycles. The molecule has 0 spiro atoms. The fourth-order valence-electron chi connectivity index (χ4n) is 2.05. The van der Waals surface area contributed by atoms with E-state index in [1.54, 1.807) is 0 Å². The quantitative estimate of drug-likeness (QED) is 0.827. The number of rotatable bonds is 5. The highest BCUT2D eigenvalue weighted by atomic mass is 32.2. The number of aliphatic hydroxyl groups is 1.